The summed E-state index contributed by atoms with van der Waals surface area (Å²) < 4.78 is 8.40. The Morgan fingerprint density at radius 3 is 2.54 bits per heavy atom. The van der Waals surface area contributed by atoms with Crippen LogP contribution in [0.4, 0.5) is 0 Å². The number of ether oxygens (including phenoxy) is 1. The number of carbonyl (C=O) groups is 1. The fraction of sp³-hybridized carbons (Fsp3) is 0.548. The summed E-state index contributed by atoms with van der Waals surface area (Å²) in [5.41, 5.74) is 2.09. The molecule has 37 heavy (non-hydrogen) atoms. The maximum atomic E-state index is 12.9. The van der Waals surface area contributed by atoms with E-state index < -0.39 is 11.4 Å². The second kappa shape index (κ2) is 10.8. The van der Waals surface area contributed by atoms with Crippen molar-refractivity contribution in [3.05, 3.63) is 62.4 Å². The minimum Gasteiger partial charge on any atom is -0.493 e. The van der Waals surface area contributed by atoms with Crippen LogP contribution in [0.2, 0.25) is 0 Å². The average Bonchev–Trinajstić information content (AvgIpc) is 2.80. The molecule has 200 valence electrons. The van der Waals surface area contributed by atoms with Gasteiger partial charge >= 0.3 is 5.97 Å². The number of hydrogen-bond donors (Lipinski definition) is 1. The van der Waals surface area contributed by atoms with Crippen molar-refractivity contribution >= 4 is 17.2 Å². The van der Waals surface area contributed by atoms with Crippen molar-refractivity contribution in [2.45, 2.75) is 79.2 Å². The number of nitrogens with zero attached hydrogens (tertiary/aromatic N) is 2. The van der Waals surface area contributed by atoms with Gasteiger partial charge in [-0.2, -0.15) is 0 Å². The number of hydrogen-bond acceptors (Lipinski definition) is 4. The maximum absolute atomic E-state index is 12.9. The van der Waals surface area contributed by atoms with Gasteiger partial charge in [-0.1, -0.05) is 64.7 Å². The van der Waals surface area contributed by atoms with E-state index in [0.29, 0.717) is 13.2 Å². The fourth-order valence-corrected chi connectivity index (χ4v) is 5.63. The summed E-state index contributed by atoms with van der Waals surface area (Å²) in [7, 11) is 2.06. The second-order valence-electron chi connectivity index (χ2n) is 11.9. The maximum Gasteiger partial charge on any atom is 0.341 e. The summed E-state index contributed by atoms with van der Waals surface area (Å²) >= 11 is 0. The van der Waals surface area contributed by atoms with E-state index in [4.69, 9.17) is 4.74 Å². The number of carboxylic acid groups (broad SMARTS) is 1. The van der Waals surface area contributed by atoms with E-state index >= 15 is 0 Å². The molecule has 0 radical (unpaired) electrons. The van der Waals surface area contributed by atoms with Crippen LogP contribution in [0.15, 0.2) is 35.3 Å². The van der Waals surface area contributed by atoms with E-state index in [0.717, 1.165) is 46.3 Å². The van der Waals surface area contributed by atoms with Crippen molar-refractivity contribution in [1.29, 1.82) is 0 Å². The lowest BCUT2D eigenvalue weighted by Gasteiger charge is -2.43. The van der Waals surface area contributed by atoms with Crippen molar-refractivity contribution < 1.29 is 14.6 Å². The Morgan fingerprint density at radius 2 is 1.95 bits per heavy atom. The lowest BCUT2D eigenvalue weighted by Crippen LogP contribution is -2.46. The lowest BCUT2D eigenvalue weighted by molar-refractivity contribution is 0.0693. The molecule has 1 unspecified atom stereocenters. The van der Waals surface area contributed by atoms with Crippen LogP contribution in [-0.4, -0.2) is 40.7 Å². The van der Waals surface area contributed by atoms with Crippen LogP contribution >= 0.6 is 0 Å². The molecule has 0 bridgehead atoms. The third-order valence-corrected chi connectivity index (χ3v) is 8.19. The van der Waals surface area contributed by atoms with E-state index in [9.17, 15) is 14.7 Å². The number of fused-ring (bicyclic) bond motifs is 1. The summed E-state index contributed by atoms with van der Waals surface area (Å²) in [4.78, 5) is 27.0. The van der Waals surface area contributed by atoms with E-state index in [1.807, 2.05) is 16.7 Å². The minimum absolute atomic E-state index is 0.000546. The van der Waals surface area contributed by atoms with Crippen molar-refractivity contribution in [3.8, 4) is 5.75 Å². The summed E-state index contributed by atoms with van der Waals surface area (Å²) in [5, 5.41) is 11.8. The molecule has 2 heterocycles. The summed E-state index contributed by atoms with van der Waals surface area (Å²) in [6.45, 7) is 12.1. The van der Waals surface area contributed by atoms with E-state index in [1.54, 1.807) is 6.20 Å². The first-order chi connectivity index (χ1) is 17.5. The largest absolute Gasteiger partial charge is 0.493 e. The second-order valence-corrected chi connectivity index (χ2v) is 11.9. The standard InChI is InChI=1S/C31H42N2O4/c1-7-20(2)28-22(14-9-15-26(28)37-16-10-13-21-11-8-12-21)29-24-17-25(34)23(30(35)36)18-33(24)27(19-32(29)6)31(3,4)5/h9,14-15,17-18,21,27H,7-8,10-13,16,19H2,1-6H3,(H,35,36)/b28-20+,29-22-. The van der Waals surface area contributed by atoms with E-state index in [1.165, 1.54) is 37.3 Å². The number of aromatic carboxylic acids is 1. The van der Waals surface area contributed by atoms with Crippen molar-refractivity contribution in [3.63, 3.8) is 0 Å². The first-order valence-corrected chi connectivity index (χ1v) is 13.7. The number of pyridine rings is 1. The van der Waals surface area contributed by atoms with Crippen molar-refractivity contribution in [2.75, 3.05) is 20.2 Å². The zero-order chi connectivity index (χ0) is 26.9. The smallest absolute Gasteiger partial charge is 0.341 e. The highest BCUT2D eigenvalue weighted by Gasteiger charge is 2.35. The molecule has 0 saturated heterocycles. The van der Waals surface area contributed by atoms with Crippen LogP contribution in [0.3, 0.4) is 0 Å². The van der Waals surface area contributed by atoms with Gasteiger partial charge in [-0.15, -0.1) is 0 Å². The minimum atomic E-state index is -1.19. The van der Waals surface area contributed by atoms with Gasteiger partial charge in [0.2, 0.25) is 0 Å². The van der Waals surface area contributed by atoms with Gasteiger partial charge in [0.1, 0.15) is 11.3 Å². The van der Waals surface area contributed by atoms with E-state index in [-0.39, 0.29) is 17.0 Å². The molecule has 1 aliphatic carbocycles. The Bertz CT molecular complexity index is 1340. The molecule has 1 fully saturated rings. The highest BCUT2D eigenvalue weighted by atomic mass is 16.5. The molecule has 0 spiro atoms. The van der Waals surface area contributed by atoms with Gasteiger partial charge in [0.15, 0.2) is 5.43 Å². The predicted molar refractivity (Wildman–Crippen MR) is 148 cm³/mol. The normalized spacial score (nSPS) is 20.3. The zero-order valence-electron chi connectivity index (χ0n) is 23.3. The van der Waals surface area contributed by atoms with Crippen LogP contribution in [0.25, 0.3) is 11.3 Å². The quantitative estimate of drug-likeness (QED) is 0.548. The molecule has 0 amide bonds. The molecule has 1 N–H and O–H groups in total. The Morgan fingerprint density at radius 1 is 1.22 bits per heavy atom. The van der Waals surface area contributed by atoms with Crippen LogP contribution in [-0.2, 0) is 0 Å². The summed E-state index contributed by atoms with van der Waals surface area (Å²) in [5.74, 6) is 0.549. The lowest BCUT2D eigenvalue weighted by atomic mass is 9.82. The topological polar surface area (TPSA) is 71.8 Å². The Balaban J connectivity index is 1.92. The third-order valence-electron chi connectivity index (χ3n) is 8.19. The van der Waals surface area contributed by atoms with Gasteiger partial charge in [0.05, 0.1) is 24.0 Å². The molecule has 1 aromatic carbocycles. The molecule has 1 aliphatic heterocycles. The Labute approximate surface area is 220 Å². The highest BCUT2D eigenvalue weighted by molar-refractivity contribution is 5.87. The number of likely N-dealkylation sites (N-methyl/N-ethyl adjacent to an activating group) is 1. The molecule has 6 nitrogen and oxygen atoms in total. The predicted octanol–water partition coefficient (Wildman–Crippen LogP) is 4.78. The SMILES string of the molecule is CC/C(C)=c1/c(OCCCC2CCC2)ccc/c1=C1\c2cc(=O)c(C(=O)O)cn2C(C(C)(C)C)CN1C. The van der Waals surface area contributed by atoms with Crippen LogP contribution in [0.5, 0.6) is 5.75 Å². The van der Waals surface area contributed by atoms with Crippen LogP contribution in [0, 0.1) is 11.3 Å². The Hall–Kier alpha value is -3.02. The van der Waals surface area contributed by atoms with Gasteiger partial charge < -0.3 is 19.3 Å². The number of carboxylic acids is 1. The first-order valence-electron chi connectivity index (χ1n) is 13.7. The summed E-state index contributed by atoms with van der Waals surface area (Å²) in [6, 6.07) is 7.67. The Kier molecular flexibility index (Phi) is 7.86. The molecule has 6 heteroatoms. The van der Waals surface area contributed by atoms with Crippen LogP contribution < -0.4 is 20.6 Å². The van der Waals surface area contributed by atoms with Gasteiger partial charge in [0, 0.05) is 36.3 Å². The van der Waals surface area contributed by atoms with Gasteiger partial charge in [-0.25, -0.2) is 4.79 Å². The molecular weight excluding hydrogens is 464 g/mol. The average molecular weight is 507 g/mol. The van der Waals surface area contributed by atoms with Gasteiger partial charge in [-0.05, 0) is 43.6 Å². The molecule has 1 atom stereocenters. The summed E-state index contributed by atoms with van der Waals surface area (Å²) in [6.07, 6.45) is 8.77. The van der Waals surface area contributed by atoms with Crippen molar-refractivity contribution in [1.82, 2.24) is 9.47 Å². The monoisotopic (exact) mass is 506 g/mol. The molecule has 1 aromatic heterocycles. The van der Waals surface area contributed by atoms with Crippen molar-refractivity contribution in [2.24, 2.45) is 11.3 Å². The molecule has 2 aromatic rings. The number of rotatable bonds is 7. The first kappa shape index (κ1) is 27.0. The molecule has 4 rings (SSSR count). The van der Waals surface area contributed by atoms with Crippen LogP contribution in [0.1, 0.15) is 95.2 Å². The fourth-order valence-electron chi connectivity index (χ4n) is 5.63. The molecule has 1 saturated carbocycles. The number of aromatic nitrogens is 1. The van der Waals surface area contributed by atoms with Gasteiger partial charge in [0.25, 0.3) is 0 Å². The molecule has 2 aliphatic rings. The van der Waals surface area contributed by atoms with Gasteiger partial charge in [-0.3, -0.25) is 4.79 Å². The number of benzene rings is 1. The van der Waals surface area contributed by atoms with E-state index in [2.05, 4.69) is 52.6 Å². The third kappa shape index (κ3) is 5.48. The molecular formula is C31H42N2O4. The highest BCUT2D eigenvalue weighted by Crippen LogP contribution is 2.37. The zero-order valence-corrected chi connectivity index (χ0v) is 23.3.